The third-order valence-corrected chi connectivity index (χ3v) is 4.27. The Kier molecular flexibility index (Phi) is 4.23. The minimum atomic E-state index is -1.14. The lowest BCUT2D eigenvalue weighted by molar-refractivity contribution is -0.384. The molecule has 0 spiro atoms. The smallest absolute Gasteiger partial charge is 0.270 e. The number of non-ortho nitro benzene ring substituents is 1. The molecule has 8 heteroatoms. The molecule has 0 aliphatic carbocycles. The Hall–Kier alpha value is -3.81. The minimum absolute atomic E-state index is 0.142. The van der Waals surface area contributed by atoms with Crippen LogP contribution < -0.4 is 4.74 Å². The molecule has 0 saturated carbocycles. The number of aryl methyl sites for hydroxylation is 1. The third kappa shape index (κ3) is 3.05. The van der Waals surface area contributed by atoms with E-state index in [-0.39, 0.29) is 17.2 Å². The van der Waals surface area contributed by atoms with Gasteiger partial charge in [0, 0.05) is 23.1 Å². The first-order valence-electron chi connectivity index (χ1n) is 8.21. The van der Waals surface area contributed by atoms with Gasteiger partial charge in [0.25, 0.3) is 5.69 Å². The maximum atomic E-state index is 14.0. The lowest BCUT2D eigenvalue weighted by Crippen LogP contribution is -1.95. The van der Waals surface area contributed by atoms with E-state index in [9.17, 15) is 18.9 Å². The molecule has 0 atom stereocenters. The van der Waals surface area contributed by atoms with Crippen LogP contribution in [0.25, 0.3) is 22.1 Å². The van der Waals surface area contributed by atoms with Gasteiger partial charge in [0.05, 0.1) is 10.6 Å². The van der Waals surface area contributed by atoms with Crippen LogP contribution >= 0.6 is 0 Å². The van der Waals surface area contributed by atoms with Crippen molar-refractivity contribution in [2.75, 3.05) is 0 Å². The number of nitro benzene ring substituents is 1. The molecule has 6 nitrogen and oxygen atoms in total. The highest BCUT2D eigenvalue weighted by Gasteiger charge is 2.18. The summed E-state index contributed by atoms with van der Waals surface area (Å²) in [6, 6.07) is 12.6. The zero-order chi connectivity index (χ0) is 19.8. The van der Waals surface area contributed by atoms with E-state index in [1.165, 1.54) is 30.3 Å². The van der Waals surface area contributed by atoms with Crippen molar-refractivity contribution in [3.63, 3.8) is 0 Å². The Bertz CT molecular complexity index is 1220. The molecule has 0 N–H and O–H groups in total. The normalized spacial score (nSPS) is 11.0. The van der Waals surface area contributed by atoms with Crippen LogP contribution in [-0.2, 0) is 0 Å². The van der Waals surface area contributed by atoms with Gasteiger partial charge in [-0.15, -0.1) is 0 Å². The zero-order valence-electron chi connectivity index (χ0n) is 14.5. The first-order valence-corrected chi connectivity index (χ1v) is 8.21. The van der Waals surface area contributed by atoms with Crippen LogP contribution in [0.3, 0.4) is 0 Å². The van der Waals surface area contributed by atoms with Crippen LogP contribution in [0.1, 0.15) is 5.69 Å². The SMILES string of the molecule is Cc1noc2ccc(-c3cc([N+](=O)[O-])ccc3Oc3cccc(F)c3F)cc12. The Morgan fingerprint density at radius 1 is 1.07 bits per heavy atom. The summed E-state index contributed by atoms with van der Waals surface area (Å²) in [5, 5.41) is 15.8. The maximum absolute atomic E-state index is 14.0. The predicted molar refractivity (Wildman–Crippen MR) is 97.3 cm³/mol. The molecule has 0 fully saturated rings. The number of rotatable bonds is 4. The van der Waals surface area contributed by atoms with Crippen molar-refractivity contribution in [3.05, 3.63) is 82.0 Å². The number of hydrogen-bond acceptors (Lipinski definition) is 5. The van der Waals surface area contributed by atoms with Gasteiger partial charge in [-0.1, -0.05) is 17.3 Å². The van der Waals surface area contributed by atoms with E-state index in [0.717, 1.165) is 11.5 Å². The molecule has 0 aliphatic heterocycles. The number of fused-ring (bicyclic) bond motifs is 1. The maximum Gasteiger partial charge on any atom is 0.270 e. The highest BCUT2D eigenvalue weighted by atomic mass is 19.2. The first-order chi connectivity index (χ1) is 13.4. The third-order valence-electron chi connectivity index (χ3n) is 4.27. The number of nitrogens with zero attached hydrogens (tertiary/aromatic N) is 2. The lowest BCUT2D eigenvalue weighted by Gasteiger charge is -2.12. The molecule has 140 valence electrons. The second-order valence-corrected chi connectivity index (χ2v) is 6.07. The van der Waals surface area contributed by atoms with Crippen molar-refractivity contribution in [2.45, 2.75) is 6.92 Å². The average molecular weight is 382 g/mol. The first kappa shape index (κ1) is 17.6. The number of benzene rings is 3. The van der Waals surface area contributed by atoms with Gasteiger partial charge >= 0.3 is 0 Å². The van der Waals surface area contributed by atoms with Gasteiger partial charge in [0.15, 0.2) is 17.1 Å². The molecule has 4 rings (SSSR count). The standard InChI is InChI=1S/C20H12F2N2O4/c1-11-14-9-12(5-7-18(14)28-23-11)15-10-13(24(25)26)6-8-17(15)27-19-4-2-3-16(21)20(19)22/h2-10H,1H3. The van der Waals surface area contributed by atoms with E-state index in [1.807, 2.05) is 0 Å². The molecule has 1 aromatic heterocycles. The molecular weight excluding hydrogens is 370 g/mol. The highest BCUT2D eigenvalue weighted by molar-refractivity contribution is 5.86. The summed E-state index contributed by atoms with van der Waals surface area (Å²) in [6.07, 6.45) is 0. The average Bonchev–Trinajstić information content (AvgIpc) is 3.06. The van der Waals surface area contributed by atoms with Crippen molar-refractivity contribution in [3.8, 4) is 22.6 Å². The fourth-order valence-electron chi connectivity index (χ4n) is 2.85. The van der Waals surface area contributed by atoms with Crippen LogP contribution in [-0.4, -0.2) is 10.1 Å². The van der Waals surface area contributed by atoms with E-state index in [4.69, 9.17) is 9.26 Å². The van der Waals surface area contributed by atoms with Gasteiger partial charge in [0.1, 0.15) is 5.75 Å². The van der Waals surface area contributed by atoms with Crippen LogP contribution in [0.2, 0.25) is 0 Å². The van der Waals surface area contributed by atoms with Gasteiger partial charge in [-0.05, 0) is 42.8 Å². The van der Waals surface area contributed by atoms with Crippen LogP contribution in [0.5, 0.6) is 11.5 Å². The predicted octanol–water partition coefficient (Wildman–Crippen LogP) is 5.78. The monoisotopic (exact) mass is 382 g/mol. The fourth-order valence-corrected chi connectivity index (χ4v) is 2.85. The van der Waals surface area contributed by atoms with Crippen LogP contribution in [0.15, 0.2) is 59.1 Å². The zero-order valence-corrected chi connectivity index (χ0v) is 14.5. The molecule has 0 amide bonds. The number of halogens is 2. The number of nitro groups is 1. The quantitative estimate of drug-likeness (QED) is 0.330. The minimum Gasteiger partial charge on any atom is -0.454 e. The van der Waals surface area contributed by atoms with Crippen LogP contribution in [0.4, 0.5) is 14.5 Å². The fraction of sp³-hybridized carbons (Fsp3) is 0.0500. The van der Waals surface area contributed by atoms with Crippen LogP contribution in [0, 0.1) is 28.7 Å². The van der Waals surface area contributed by atoms with Gasteiger partial charge in [-0.3, -0.25) is 10.1 Å². The van der Waals surface area contributed by atoms with E-state index in [0.29, 0.717) is 22.4 Å². The Labute approximate surface area is 157 Å². The summed E-state index contributed by atoms with van der Waals surface area (Å²) in [7, 11) is 0. The number of hydrogen-bond donors (Lipinski definition) is 0. The molecular formula is C20H12F2N2O4. The molecule has 1 heterocycles. The molecule has 0 bridgehead atoms. The molecule has 0 unspecified atom stereocenters. The van der Waals surface area contributed by atoms with Crippen molar-refractivity contribution in [2.24, 2.45) is 0 Å². The van der Waals surface area contributed by atoms with E-state index < -0.39 is 16.6 Å². The topological polar surface area (TPSA) is 78.4 Å². The van der Waals surface area contributed by atoms with Gasteiger partial charge < -0.3 is 9.26 Å². The van der Waals surface area contributed by atoms with Gasteiger partial charge in [-0.25, -0.2) is 4.39 Å². The molecule has 28 heavy (non-hydrogen) atoms. The Balaban J connectivity index is 1.87. The molecule has 0 radical (unpaired) electrons. The molecule has 0 aliphatic rings. The molecule has 3 aromatic carbocycles. The number of ether oxygens (including phenoxy) is 1. The summed E-state index contributed by atoms with van der Waals surface area (Å²) in [5.41, 5.74) is 1.98. The second-order valence-electron chi connectivity index (χ2n) is 6.07. The second kappa shape index (κ2) is 6.73. The van der Waals surface area contributed by atoms with Crippen molar-refractivity contribution >= 4 is 16.7 Å². The summed E-state index contributed by atoms with van der Waals surface area (Å²) in [6.45, 7) is 1.77. The summed E-state index contributed by atoms with van der Waals surface area (Å²) >= 11 is 0. The largest absolute Gasteiger partial charge is 0.454 e. The summed E-state index contributed by atoms with van der Waals surface area (Å²) < 4.78 is 38.2. The molecule has 0 saturated heterocycles. The van der Waals surface area contributed by atoms with Crippen molar-refractivity contribution in [1.29, 1.82) is 0 Å². The Morgan fingerprint density at radius 2 is 1.89 bits per heavy atom. The van der Waals surface area contributed by atoms with Crippen molar-refractivity contribution in [1.82, 2.24) is 5.16 Å². The highest BCUT2D eigenvalue weighted by Crippen LogP contribution is 2.38. The van der Waals surface area contributed by atoms with E-state index in [2.05, 4.69) is 5.16 Å². The van der Waals surface area contributed by atoms with Crippen molar-refractivity contribution < 1.29 is 23.0 Å². The van der Waals surface area contributed by atoms with E-state index in [1.54, 1.807) is 25.1 Å². The van der Waals surface area contributed by atoms with Gasteiger partial charge in [-0.2, -0.15) is 4.39 Å². The molecule has 4 aromatic rings. The number of aromatic nitrogens is 1. The van der Waals surface area contributed by atoms with E-state index >= 15 is 0 Å². The van der Waals surface area contributed by atoms with Gasteiger partial charge in [0.2, 0.25) is 5.82 Å². The Morgan fingerprint density at radius 3 is 2.68 bits per heavy atom. The summed E-state index contributed by atoms with van der Waals surface area (Å²) in [4.78, 5) is 10.7. The summed E-state index contributed by atoms with van der Waals surface area (Å²) in [5.74, 6) is -2.37. The lowest BCUT2D eigenvalue weighted by atomic mass is 10.0.